The summed E-state index contributed by atoms with van der Waals surface area (Å²) in [6, 6.07) is 6.56. The molecule has 0 radical (unpaired) electrons. The largest absolute Gasteiger partial charge is 0.321 e. The van der Waals surface area contributed by atoms with E-state index in [1.807, 2.05) is 6.92 Å². The lowest BCUT2D eigenvalue weighted by Crippen LogP contribution is -2.41. The van der Waals surface area contributed by atoms with Crippen LogP contribution < -0.4 is 5.73 Å². The number of aromatic nitrogens is 2. The van der Waals surface area contributed by atoms with Crippen molar-refractivity contribution in [3.05, 3.63) is 83.1 Å². The van der Waals surface area contributed by atoms with Crippen LogP contribution in [-0.2, 0) is 11.2 Å². The summed E-state index contributed by atoms with van der Waals surface area (Å²) in [5, 5.41) is 0. The second-order valence-corrected chi connectivity index (χ2v) is 8.38. The van der Waals surface area contributed by atoms with Gasteiger partial charge < -0.3 is 5.73 Å². The molecule has 0 unspecified atom stereocenters. The maximum absolute atomic E-state index is 14.4. The molecule has 1 aliphatic carbocycles. The quantitative estimate of drug-likeness (QED) is 0.579. The van der Waals surface area contributed by atoms with Crippen LogP contribution in [0.5, 0.6) is 0 Å². The van der Waals surface area contributed by atoms with Crippen LogP contribution in [0.3, 0.4) is 0 Å². The van der Waals surface area contributed by atoms with Crippen LogP contribution >= 0.6 is 0 Å². The van der Waals surface area contributed by atoms with Crippen molar-refractivity contribution in [2.45, 2.75) is 38.1 Å². The van der Waals surface area contributed by atoms with Crippen LogP contribution in [-0.4, -0.2) is 27.6 Å². The zero-order chi connectivity index (χ0) is 23.7. The van der Waals surface area contributed by atoms with Crippen molar-refractivity contribution in [2.75, 3.05) is 0 Å². The molecule has 3 atom stereocenters. The maximum atomic E-state index is 14.4. The van der Waals surface area contributed by atoms with Gasteiger partial charge in [-0.15, -0.1) is 0 Å². The molecule has 0 spiro atoms. The molecule has 4 rings (SSSR count). The molecule has 2 N–H and O–H groups in total. The highest BCUT2D eigenvalue weighted by Crippen LogP contribution is 2.35. The Labute approximate surface area is 188 Å². The highest BCUT2D eigenvalue weighted by Gasteiger charge is 2.33. The number of hydrogen-bond acceptors (Lipinski definition) is 5. The van der Waals surface area contributed by atoms with Crippen molar-refractivity contribution in [2.24, 2.45) is 11.7 Å². The molecular formula is C25H22F3N3O2. The minimum atomic E-state index is -0.974. The van der Waals surface area contributed by atoms with E-state index in [0.717, 1.165) is 29.8 Å². The fraction of sp³-hybridized carbons (Fsp3) is 0.280. The van der Waals surface area contributed by atoms with Crippen LogP contribution in [0.2, 0.25) is 0 Å². The molecule has 1 fully saturated rings. The van der Waals surface area contributed by atoms with Crippen LogP contribution in [0.25, 0.3) is 11.3 Å². The number of nitrogens with zero attached hydrogens (tertiary/aromatic N) is 2. The molecule has 5 nitrogen and oxygen atoms in total. The van der Waals surface area contributed by atoms with Gasteiger partial charge in [-0.3, -0.25) is 14.6 Å². The summed E-state index contributed by atoms with van der Waals surface area (Å²) < 4.78 is 42.7. The molecule has 2 aromatic heterocycles. The van der Waals surface area contributed by atoms with Gasteiger partial charge in [-0.2, -0.15) is 0 Å². The molecule has 170 valence electrons. The Hall–Kier alpha value is -3.39. The van der Waals surface area contributed by atoms with E-state index in [-0.39, 0.29) is 29.7 Å². The average Bonchev–Trinajstić information content (AvgIpc) is 2.78. The third kappa shape index (κ3) is 4.57. The Morgan fingerprint density at radius 3 is 2.48 bits per heavy atom. The first kappa shape index (κ1) is 22.8. The van der Waals surface area contributed by atoms with E-state index in [1.54, 1.807) is 18.5 Å². The molecule has 8 heteroatoms. The van der Waals surface area contributed by atoms with Gasteiger partial charge in [-0.1, -0.05) is 13.0 Å². The Morgan fingerprint density at radius 1 is 1.06 bits per heavy atom. The molecule has 0 aliphatic heterocycles. The molecule has 2 heterocycles. The van der Waals surface area contributed by atoms with E-state index in [0.29, 0.717) is 18.4 Å². The first-order valence-corrected chi connectivity index (χ1v) is 10.6. The van der Waals surface area contributed by atoms with E-state index in [9.17, 15) is 22.8 Å². The van der Waals surface area contributed by atoms with E-state index in [1.165, 1.54) is 6.07 Å². The van der Waals surface area contributed by atoms with Crippen molar-refractivity contribution in [1.82, 2.24) is 9.97 Å². The molecule has 0 bridgehead atoms. The number of hydrogen-bond donors (Lipinski definition) is 1. The van der Waals surface area contributed by atoms with Gasteiger partial charge in [-0.05, 0) is 60.2 Å². The fourth-order valence-electron chi connectivity index (χ4n) is 4.43. The predicted molar refractivity (Wildman–Crippen MR) is 116 cm³/mol. The summed E-state index contributed by atoms with van der Waals surface area (Å²) in [6.45, 7) is 1.84. The van der Waals surface area contributed by atoms with Crippen LogP contribution in [0.1, 0.15) is 47.3 Å². The zero-order valence-corrected chi connectivity index (χ0v) is 17.9. The summed E-state index contributed by atoms with van der Waals surface area (Å²) >= 11 is 0. The lowest BCUT2D eigenvalue weighted by atomic mass is 9.74. The number of nitrogens with two attached hydrogens (primary N) is 1. The fourth-order valence-corrected chi connectivity index (χ4v) is 4.43. The van der Waals surface area contributed by atoms with Gasteiger partial charge in [0, 0.05) is 24.7 Å². The Balaban J connectivity index is 1.64. The van der Waals surface area contributed by atoms with Crippen LogP contribution in [0.4, 0.5) is 13.2 Å². The van der Waals surface area contributed by atoms with E-state index < -0.39 is 40.5 Å². The summed E-state index contributed by atoms with van der Waals surface area (Å²) in [6.07, 6.45) is 4.18. The monoisotopic (exact) mass is 453 g/mol. The number of pyridine rings is 2. The second kappa shape index (κ2) is 9.23. The summed E-state index contributed by atoms with van der Waals surface area (Å²) in [7, 11) is 0. The number of benzene rings is 1. The van der Waals surface area contributed by atoms with Gasteiger partial charge in [0.25, 0.3) is 0 Å². The molecule has 0 saturated heterocycles. The minimum absolute atomic E-state index is 0.0113. The molecule has 1 aromatic carbocycles. The van der Waals surface area contributed by atoms with Crippen molar-refractivity contribution in [3.63, 3.8) is 0 Å². The van der Waals surface area contributed by atoms with E-state index in [4.69, 9.17) is 5.73 Å². The van der Waals surface area contributed by atoms with Gasteiger partial charge in [0.05, 0.1) is 11.6 Å². The average molecular weight is 453 g/mol. The SMILES string of the molecule is C[C@H]1C[C@@H](c2ccncc2CC(=O)c2ccc(F)c(-c3c(F)cccc3F)n2)C[C@@H](N)C1=O. The summed E-state index contributed by atoms with van der Waals surface area (Å²) in [5.41, 5.74) is 6.22. The maximum Gasteiger partial charge on any atom is 0.185 e. The van der Waals surface area contributed by atoms with Gasteiger partial charge in [0.2, 0.25) is 0 Å². The molecular weight excluding hydrogens is 431 g/mol. The number of ketones is 2. The van der Waals surface area contributed by atoms with Crippen molar-refractivity contribution >= 4 is 11.6 Å². The number of carbonyl (C=O) groups excluding carboxylic acids is 2. The van der Waals surface area contributed by atoms with Gasteiger partial charge >= 0.3 is 0 Å². The van der Waals surface area contributed by atoms with Crippen molar-refractivity contribution in [3.8, 4) is 11.3 Å². The van der Waals surface area contributed by atoms with Gasteiger partial charge in [-0.25, -0.2) is 18.2 Å². The smallest absolute Gasteiger partial charge is 0.185 e. The number of rotatable bonds is 5. The molecule has 1 saturated carbocycles. The number of Topliss-reactive ketones (excluding diaryl/α,β-unsaturated/α-hetero) is 2. The van der Waals surface area contributed by atoms with Gasteiger partial charge in [0.1, 0.15) is 28.8 Å². The lowest BCUT2D eigenvalue weighted by molar-refractivity contribution is -0.125. The van der Waals surface area contributed by atoms with E-state index >= 15 is 0 Å². The van der Waals surface area contributed by atoms with Crippen LogP contribution in [0.15, 0.2) is 48.8 Å². The first-order valence-electron chi connectivity index (χ1n) is 10.6. The third-order valence-electron chi connectivity index (χ3n) is 6.09. The van der Waals surface area contributed by atoms with Crippen LogP contribution in [0, 0.1) is 23.4 Å². The minimum Gasteiger partial charge on any atom is -0.321 e. The van der Waals surface area contributed by atoms with E-state index in [2.05, 4.69) is 9.97 Å². The highest BCUT2D eigenvalue weighted by molar-refractivity contribution is 5.96. The number of halogens is 3. The predicted octanol–water partition coefficient (Wildman–Crippen LogP) is 4.40. The summed E-state index contributed by atoms with van der Waals surface area (Å²) in [5.74, 6) is -3.51. The Bertz CT molecular complexity index is 1200. The molecule has 33 heavy (non-hydrogen) atoms. The topological polar surface area (TPSA) is 85.9 Å². The number of carbonyl (C=O) groups is 2. The molecule has 0 amide bonds. The standard InChI is InChI=1S/C25H22F3N3O2/c1-13-9-14(10-20(29)25(13)33)16-7-8-30-12-15(16)11-22(32)21-6-5-19(28)24(31-21)23-17(26)3-2-4-18(23)27/h2-8,12-14,20H,9-11,29H2,1H3/t13-,14+,20+/m0/s1. The Morgan fingerprint density at radius 2 is 1.79 bits per heavy atom. The third-order valence-corrected chi connectivity index (χ3v) is 6.09. The van der Waals surface area contributed by atoms with Crippen molar-refractivity contribution < 1.29 is 22.8 Å². The first-order chi connectivity index (χ1) is 15.8. The summed E-state index contributed by atoms with van der Waals surface area (Å²) in [4.78, 5) is 33.2. The molecule has 1 aliphatic rings. The Kier molecular flexibility index (Phi) is 6.37. The lowest BCUT2D eigenvalue weighted by Gasteiger charge is -2.31. The zero-order valence-electron chi connectivity index (χ0n) is 17.9. The molecule has 3 aromatic rings. The van der Waals surface area contributed by atoms with Gasteiger partial charge in [0.15, 0.2) is 11.6 Å². The normalized spacial score (nSPS) is 20.6. The highest BCUT2D eigenvalue weighted by atomic mass is 19.1. The van der Waals surface area contributed by atoms with Crippen molar-refractivity contribution in [1.29, 1.82) is 0 Å². The second-order valence-electron chi connectivity index (χ2n) is 8.38.